The highest BCUT2D eigenvalue weighted by atomic mass is 16.1. The Bertz CT molecular complexity index is 389. The zero-order valence-electron chi connectivity index (χ0n) is 8.07. The molecule has 0 aliphatic heterocycles. The van der Waals surface area contributed by atoms with Gasteiger partial charge in [-0.3, -0.25) is 9.59 Å². The van der Waals surface area contributed by atoms with Crippen molar-refractivity contribution in [1.29, 1.82) is 0 Å². The summed E-state index contributed by atoms with van der Waals surface area (Å²) in [6.07, 6.45) is 6.78. The molecule has 0 heterocycles. The molecule has 1 saturated carbocycles. The SMILES string of the molecule is CC1=CC(=O)[C@H]2[C@@H](C1=O)[C@H]1C=C[C@H]2C1. The smallest absolute Gasteiger partial charge is 0.163 e. The average Bonchev–Trinajstić information content (AvgIpc) is 2.73. The molecule has 3 rings (SSSR count). The van der Waals surface area contributed by atoms with E-state index < -0.39 is 0 Å². The molecule has 0 saturated heterocycles. The lowest BCUT2D eigenvalue weighted by Gasteiger charge is -2.28. The van der Waals surface area contributed by atoms with E-state index in [4.69, 9.17) is 0 Å². The Hall–Kier alpha value is -1.18. The number of hydrogen-bond donors (Lipinski definition) is 0. The number of allylic oxidation sites excluding steroid dienone is 4. The van der Waals surface area contributed by atoms with Gasteiger partial charge in [-0.25, -0.2) is 0 Å². The maximum Gasteiger partial charge on any atom is 0.163 e. The Morgan fingerprint density at radius 3 is 2.50 bits per heavy atom. The highest BCUT2D eigenvalue weighted by molar-refractivity contribution is 6.11. The third-order valence-electron chi connectivity index (χ3n) is 3.84. The summed E-state index contributed by atoms with van der Waals surface area (Å²) in [5.74, 6) is 0.995. The van der Waals surface area contributed by atoms with Crippen molar-refractivity contribution in [3.8, 4) is 0 Å². The first kappa shape index (κ1) is 8.16. The lowest BCUT2D eigenvalue weighted by molar-refractivity contribution is -0.130. The molecular weight excluding hydrogens is 176 g/mol. The topological polar surface area (TPSA) is 34.1 Å². The molecule has 3 aliphatic rings. The highest BCUT2D eigenvalue weighted by Gasteiger charge is 2.52. The summed E-state index contributed by atoms with van der Waals surface area (Å²) in [5.41, 5.74) is 0.650. The van der Waals surface area contributed by atoms with Crippen molar-refractivity contribution in [3.63, 3.8) is 0 Å². The normalized spacial score (nSPS) is 44.2. The number of carbonyl (C=O) groups is 2. The van der Waals surface area contributed by atoms with Crippen LogP contribution in [0.2, 0.25) is 0 Å². The number of carbonyl (C=O) groups excluding carboxylic acids is 2. The van der Waals surface area contributed by atoms with Crippen molar-refractivity contribution in [2.24, 2.45) is 23.7 Å². The molecule has 0 spiro atoms. The second-order valence-electron chi connectivity index (χ2n) is 4.59. The predicted molar refractivity (Wildman–Crippen MR) is 51.5 cm³/mol. The lowest BCUT2D eigenvalue weighted by Crippen LogP contribution is -2.36. The fourth-order valence-corrected chi connectivity index (χ4v) is 3.21. The number of hydrogen-bond acceptors (Lipinski definition) is 2. The summed E-state index contributed by atoms with van der Waals surface area (Å²) >= 11 is 0. The van der Waals surface area contributed by atoms with E-state index >= 15 is 0 Å². The molecule has 2 heteroatoms. The molecule has 0 N–H and O–H groups in total. The largest absolute Gasteiger partial charge is 0.294 e. The highest BCUT2D eigenvalue weighted by Crippen LogP contribution is 2.51. The van der Waals surface area contributed by atoms with Gasteiger partial charge in [0.2, 0.25) is 0 Å². The summed E-state index contributed by atoms with van der Waals surface area (Å²) in [5, 5.41) is 0. The third kappa shape index (κ3) is 0.813. The Balaban J connectivity index is 2.10. The van der Waals surface area contributed by atoms with Crippen LogP contribution in [0, 0.1) is 23.7 Å². The molecular formula is C12H12O2. The minimum Gasteiger partial charge on any atom is -0.294 e. The molecule has 2 bridgehead atoms. The zero-order chi connectivity index (χ0) is 9.87. The van der Waals surface area contributed by atoms with Crippen LogP contribution in [0.15, 0.2) is 23.8 Å². The summed E-state index contributed by atoms with van der Waals surface area (Å²) in [7, 11) is 0. The molecule has 3 aliphatic carbocycles. The molecule has 0 aromatic carbocycles. The van der Waals surface area contributed by atoms with E-state index in [9.17, 15) is 9.59 Å². The van der Waals surface area contributed by atoms with Crippen LogP contribution >= 0.6 is 0 Å². The van der Waals surface area contributed by atoms with Crippen LogP contribution in [-0.4, -0.2) is 11.6 Å². The second-order valence-corrected chi connectivity index (χ2v) is 4.59. The van der Waals surface area contributed by atoms with Crippen LogP contribution < -0.4 is 0 Å². The Morgan fingerprint density at radius 1 is 1.14 bits per heavy atom. The first-order valence-electron chi connectivity index (χ1n) is 5.13. The first-order valence-corrected chi connectivity index (χ1v) is 5.13. The van der Waals surface area contributed by atoms with Crippen molar-refractivity contribution >= 4 is 11.6 Å². The van der Waals surface area contributed by atoms with Crippen molar-refractivity contribution in [2.75, 3.05) is 0 Å². The van der Waals surface area contributed by atoms with E-state index in [2.05, 4.69) is 12.2 Å². The Kier molecular flexibility index (Phi) is 1.42. The van der Waals surface area contributed by atoms with Gasteiger partial charge >= 0.3 is 0 Å². The van der Waals surface area contributed by atoms with Crippen LogP contribution in [0.4, 0.5) is 0 Å². The predicted octanol–water partition coefficient (Wildman–Crippen LogP) is 1.52. The van der Waals surface area contributed by atoms with E-state index in [0.29, 0.717) is 17.4 Å². The standard InChI is InChI=1S/C12H12O2/c1-6-4-9(13)10-7-2-3-8(5-7)11(10)12(6)14/h2-4,7-8,10-11H,5H2,1H3/t7-,8-,10-,11-/m0/s1. The molecule has 14 heavy (non-hydrogen) atoms. The average molecular weight is 188 g/mol. The fourth-order valence-electron chi connectivity index (χ4n) is 3.21. The van der Waals surface area contributed by atoms with Gasteiger partial charge in [0.15, 0.2) is 11.6 Å². The molecule has 4 atom stereocenters. The maximum atomic E-state index is 11.9. The molecule has 0 radical (unpaired) electrons. The molecule has 0 unspecified atom stereocenters. The summed E-state index contributed by atoms with van der Waals surface area (Å²) < 4.78 is 0. The van der Waals surface area contributed by atoms with Gasteiger partial charge in [-0.1, -0.05) is 12.2 Å². The number of Topliss-reactive ketones (excluding diaryl/α,β-unsaturated/α-hetero) is 1. The zero-order valence-corrected chi connectivity index (χ0v) is 8.07. The van der Waals surface area contributed by atoms with E-state index in [-0.39, 0.29) is 23.4 Å². The van der Waals surface area contributed by atoms with Crippen molar-refractivity contribution < 1.29 is 9.59 Å². The Morgan fingerprint density at radius 2 is 1.79 bits per heavy atom. The monoisotopic (exact) mass is 188 g/mol. The molecule has 0 aromatic rings. The number of rotatable bonds is 0. The quantitative estimate of drug-likeness (QED) is 0.540. The minimum absolute atomic E-state index is 0.0255. The maximum absolute atomic E-state index is 11.9. The van der Waals surface area contributed by atoms with Crippen LogP contribution in [0.1, 0.15) is 13.3 Å². The van der Waals surface area contributed by atoms with Crippen molar-refractivity contribution in [2.45, 2.75) is 13.3 Å². The van der Waals surface area contributed by atoms with Crippen molar-refractivity contribution in [3.05, 3.63) is 23.8 Å². The van der Waals surface area contributed by atoms with E-state index in [1.54, 1.807) is 6.92 Å². The molecule has 1 fully saturated rings. The van der Waals surface area contributed by atoms with Gasteiger partial charge in [-0.15, -0.1) is 0 Å². The van der Waals surface area contributed by atoms with Gasteiger partial charge in [0.05, 0.1) is 0 Å². The molecule has 72 valence electrons. The van der Waals surface area contributed by atoms with Gasteiger partial charge < -0.3 is 0 Å². The Labute approximate surface area is 82.7 Å². The van der Waals surface area contributed by atoms with Gasteiger partial charge in [0.1, 0.15) is 0 Å². The second kappa shape index (κ2) is 2.44. The van der Waals surface area contributed by atoms with E-state index in [1.165, 1.54) is 6.08 Å². The minimum atomic E-state index is -0.0267. The molecule has 2 nitrogen and oxygen atoms in total. The fraction of sp³-hybridized carbons (Fsp3) is 0.500. The van der Waals surface area contributed by atoms with Crippen LogP contribution in [0.5, 0.6) is 0 Å². The van der Waals surface area contributed by atoms with Gasteiger partial charge in [0.25, 0.3) is 0 Å². The molecule has 0 aromatic heterocycles. The summed E-state index contributed by atoms with van der Waals surface area (Å²) in [6.45, 7) is 1.76. The number of ketones is 2. The van der Waals surface area contributed by atoms with Crippen molar-refractivity contribution in [1.82, 2.24) is 0 Å². The van der Waals surface area contributed by atoms with Gasteiger partial charge in [-0.2, -0.15) is 0 Å². The third-order valence-corrected chi connectivity index (χ3v) is 3.84. The summed E-state index contributed by atoms with van der Waals surface area (Å²) in [6, 6.07) is 0. The first-order chi connectivity index (χ1) is 6.68. The van der Waals surface area contributed by atoms with E-state index in [1.807, 2.05) is 0 Å². The van der Waals surface area contributed by atoms with Crippen LogP contribution in [0.3, 0.4) is 0 Å². The van der Waals surface area contributed by atoms with Gasteiger partial charge in [0, 0.05) is 11.8 Å². The molecule has 0 amide bonds. The van der Waals surface area contributed by atoms with E-state index in [0.717, 1.165) is 6.42 Å². The van der Waals surface area contributed by atoms with Crippen LogP contribution in [0.25, 0.3) is 0 Å². The summed E-state index contributed by atoms with van der Waals surface area (Å²) in [4.78, 5) is 23.6. The lowest BCUT2D eigenvalue weighted by atomic mass is 9.72. The van der Waals surface area contributed by atoms with Gasteiger partial charge in [-0.05, 0) is 36.8 Å². The number of fused-ring (bicyclic) bond motifs is 5. The van der Waals surface area contributed by atoms with Crippen LogP contribution in [-0.2, 0) is 9.59 Å².